The van der Waals surface area contributed by atoms with Crippen molar-refractivity contribution in [3.63, 3.8) is 0 Å². The molecule has 0 aromatic carbocycles. The second-order valence-electron chi connectivity index (χ2n) is 2.77. The van der Waals surface area contributed by atoms with E-state index in [1.165, 1.54) is 6.20 Å². The number of aryl methyl sites for hydroxylation is 1. The second-order valence-corrected chi connectivity index (χ2v) is 2.77. The molecular formula is C8H11F2N3. The lowest BCUT2D eigenvalue weighted by Crippen LogP contribution is -2.33. The van der Waals surface area contributed by atoms with Crippen LogP contribution < -0.4 is 11.3 Å². The van der Waals surface area contributed by atoms with Crippen LogP contribution in [0.1, 0.15) is 17.2 Å². The topological polar surface area (TPSA) is 50.9 Å². The van der Waals surface area contributed by atoms with Gasteiger partial charge in [-0.25, -0.2) is 14.2 Å². The van der Waals surface area contributed by atoms with E-state index >= 15 is 0 Å². The van der Waals surface area contributed by atoms with Crippen molar-refractivity contribution >= 4 is 0 Å². The molecule has 0 aliphatic heterocycles. The lowest BCUT2D eigenvalue weighted by atomic mass is 10.1. The van der Waals surface area contributed by atoms with Gasteiger partial charge in [-0.3, -0.25) is 10.8 Å². The van der Waals surface area contributed by atoms with Crippen LogP contribution in [-0.2, 0) is 0 Å². The minimum atomic E-state index is -2.53. The number of alkyl halides is 2. The molecule has 3 nitrogen and oxygen atoms in total. The van der Waals surface area contributed by atoms with Crippen molar-refractivity contribution in [2.75, 3.05) is 0 Å². The van der Waals surface area contributed by atoms with Gasteiger partial charge in [-0.15, -0.1) is 0 Å². The highest BCUT2D eigenvalue weighted by atomic mass is 19.3. The summed E-state index contributed by atoms with van der Waals surface area (Å²) in [4.78, 5) is 3.81. The van der Waals surface area contributed by atoms with Gasteiger partial charge in [-0.1, -0.05) is 6.07 Å². The summed E-state index contributed by atoms with van der Waals surface area (Å²) >= 11 is 0. The Morgan fingerprint density at radius 3 is 2.62 bits per heavy atom. The zero-order valence-corrected chi connectivity index (χ0v) is 7.17. The molecule has 0 saturated heterocycles. The average Bonchev–Trinajstić information content (AvgIpc) is 2.04. The predicted molar refractivity (Wildman–Crippen MR) is 45.0 cm³/mol. The first kappa shape index (κ1) is 10.0. The highest BCUT2D eigenvalue weighted by molar-refractivity contribution is 5.20. The Morgan fingerprint density at radius 2 is 2.15 bits per heavy atom. The number of hydrogen-bond acceptors (Lipinski definition) is 3. The molecular weight excluding hydrogens is 176 g/mol. The van der Waals surface area contributed by atoms with Crippen molar-refractivity contribution in [3.05, 3.63) is 29.6 Å². The van der Waals surface area contributed by atoms with Crippen LogP contribution in [0.2, 0.25) is 0 Å². The normalized spacial score (nSPS) is 13.3. The third-order valence-corrected chi connectivity index (χ3v) is 1.69. The van der Waals surface area contributed by atoms with E-state index in [0.717, 1.165) is 5.56 Å². The van der Waals surface area contributed by atoms with Gasteiger partial charge in [0.2, 0.25) is 0 Å². The van der Waals surface area contributed by atoms with E-state index in [2.05, 4.69) is 10.4 Å². The number of nitrogens with two attached hydrogens (primary N) is 1. The van der Waals surface area contributed by atoms with Crippen LogP contribution in [0.3, 0.4) is 0 Å². The molecule has 3 N–H and O–H groups in total. The molecule has 1 unspecified atom stereocenters. The molecule has 1 rings (SSSR count). The first-order chi connectivity index (χ1) is 6.15. The van der Waals surface area contributed by atoms with Crippen molar-refractivity contribution in [2.45, 2.75) is 19.4 Å². The van der Waals surface area contributed by atoms with Crippen LogP contribution in [0.25, 0.3) is 0 Å². The molecule has 0 fully saturated rings. The quantitative estimate of drug-likeness (QED) is 0.551. The third kappa shape index (κ3) is 2.43. The van der Waals surface area contributed by atoms with Gasteiger partial charge in [-0.2, -0.15) is 0 Å². The Hall–Kier alpha value is -1.07. The number of rotatable bonds is 3. The first-order valence-electron chi connectivity index (χ1n) is 3.81. The summed E-state index contributed by atoms with van der Waals surface area (Å²) in [6, 6.07) is 0.483. The number of halogens is 2. The number of hydrogen-bond donors (Lipinski definition) is 2. The van der Waals surface area contributed by atoms with Crippen molar-refractivity contribution in [2.24, 2.45) is 5.84 Å². The lowest BCUT2D eigenvalue weighted by Gasteiger charge is -2.14. The highest BCUT2D eigenvalue weighted by Crippen LogP contribution is 2.19. The number of hydrazine groups is 1. The van der Waals surface area contributed by atoms with Crippen LogP contribution >= 0.6 is 0 Å². The van der Waals surface area contributed by atoms with Crippen molar-refractivity contribution < 1.29 is 8.78 Å². The van der Waals surface area contributed by atoms with Gasteiger partial charge in [0, 0.05) is 12.4 Å². The van der Waals surface area contributed by atoms with Gasteiger partial charge < -0.3 is 0 Å². The predicted octanol–water partition coefficient (Wildman–Crippen LogP) is 1.16. The zero-order valence-electron chi connectivity index (χ0n) is 7.17. The molecule has 5 heteroatoms. The molecule has 0 amide bonds. The van der Waals surface area contributed by atoms with Gasteiger partial charge in [0.15, 0.2) is 0 Å². The fraction of sp³-hybridized carbons (Fsp3) is 0.375. The monoisotopic (exact) mass is 187 g/mol. The lowest BCUT2D eigenvalue weighted by molar-refractivity contribution is 0.0985. The molecule has 1 atom stereocenters. The van der Waals surface area contributed by atoms with Crippen LogP contribution in [0, 0.1) is 6.92 Å². The van der Waals surface area contributed by atoms with E-state index in [-0.39, 0.29) is 0 Å². The molecule has 0 bridgehead atoms. The molecule has 72 valence electrons. The minimum absolute atomic E-state index is 0.400. The molecule has 0 aliphatic rings. The Kier molecular flexibility index (Phi) is 3.27. The van der Waals surface area contributed by atoms with Gasteiger partial charge >= 0.3 is 0 Å². The number of nitrogens with zero attached hydrogens (tertiary/aromatic N) is 1. The maximum absolute atomic E-state index is 12.3. The second kappa shape index (κ2) is 4.25. The Bertz CT molecular complexity index is 278. The maximum atomic E-state index is 12.3. The Balaban J connectivity index is 2.91. The highest BCUT2D eigenvalue weighted by Gasteiger charge is 2.20. The minimum Gasteiger partial charge on any atom is -0.271 e. The van der Waals surface area contributed by atoms with Crippen LogP contribution in [0.4, 0.5) is 8.78 Å². The molecule has 13 heavy (non-hydrogen) atoms. The zero-order chi connectivity index (χ0) is 9.84. The van der Waals surface area contributed by atoms with E-state index in [1.807, 2.05) is 0 Å². The van der Waals surface area contributed by atoms with Crippen molar-refractivity contribution in [1.29, 1.82) is 0 Å². The van der Waals surface area contributed by atoms with Gasteiger partial charge in [-0.05, 0) is 18.1 Å². The maximum Gasteiger partial charge on any atom is 0.259 e. The van der Waals surface area contributed by atoms with Crippen LogP contribution in [0.5, 0.6) is 0 Å². The fourth-order valence-corrected chi connectivity index (χ4v) is 1.06. The Labute approximate surface area is 74.9 Å². The molecule has 0 aliphatic carbocycles. The SMILES string of the molecule is Cc1cncc(C(NN)C(F)F)c1. The summed E-state index contributed by atoms with van der Waals surface area (Å²) in [7, 11) is 0. The van der Waals surface area contributed by atoms with Crippen molar-refractivity contribution in [3.8, 4) is 0 Å². The molecule has 1 heterocycles. The van der Waals surface area contributed by atoms with Gasteiger partial charge in [0.25, 0.3) is 6.43 Å². The standard InChI is InChI=1S/C8H11F2N3/c1-5-2-6(4-12-3-5)7(13-11)8(9)10/h2-4,7-8,13H,11H2,1H3. The van der Waals surface area contributed by atoms with Crippen molar-refractivity contribution in [1.82, 2.24) is 10.4 Å². The van der Waals surface area contributed by atoms with E-state index in [0.29, 0.717) is 5.56 Å². The summed E-state index contributed by atoms with van der Waals surface area (Å²) in [6.45, 7) is 1.79. The number of nitrogens with one attached hydrogen (secondary N) is 1. The summed E-state index contributed by atoms with van der Waals surface area (Å²) in [6.07, 6.45) is 0.445. The first-order valence-corrected chi connectivity index (χ1v) is 3.81. The largest absolute Gasteiger partial charge is 0.271 e. The number of aromatic nitrogens is 1. The Morgan fingerprint density at radius 1 is 1.46 bits per heavy atom. The molecule has 0 radical (unpaired) electrons. The summed E-state index contributed by atoms with van der Waals surface area (Å²) in [5, 5.41) is 0. The molecule has 0 saturated carbocycles. The van der Waals surface area contributed by atoms with Gasteiger partial charge in [0.1, 0.15) is 6.04 Å². The van der Waals surface area contributed by atoms with E-state index in [9.17, 15) is 8.78 Å². The summed E-state index contributed by atoms with van der Waals surface area (Å²) in [5.74, 6) is 5.00. The third-order valence-electron chi connectivity index (χ3n) is 1.69. The van der Waals surface area contributed by atoms with E-state index in [4.69, 9.17) is 5.84 Å². The number of pyridine rings is 1. The fourth-order valence-electron chi connectivity index (χ4n) is 1.06. The molecule has 1 aromatic heterocycles. The summed E-state index contributed by atoms with van der Waals surface area (Å²) < 4.78 is 24.7. The van der Waals surface area contributed by atoms with Gasteiger partial charge in [0.05, 0.1) is 0 Å². The average molecular weight is 187 g/mol. The molecule has 1 aromatic rings. The summed E-state index contributed by atoms with van der Waals surface area (Å²) in [5.41, 5.74) is 3.29. The molecule has 0 spiro atoms. The smallest absolute Gasteiger partial charge is 0.259 e. The van der Waals surface area contributed by atoms with Crippen LogP contribution in [0.15, 0.2) is 18.5 Å². The van der Waals surface area contributed by atoms with E-state index in [1.54, 1.807) is 19.2 Å². The van der Waals surface area contributed by atoms with Crippen LogP contribution in [-0.4, -0.2) is 11.4 Å². The van der Waals surface area contributed by atoms with E-state index < -0.39 is 12.5 Å².